The van der Waals surface area contributed by atoms with Crippen molar-refractivity contribution in [3.63, 3.8) is 0 Å². The van der Waals surface area contributed by atoms with Crippen molar-refractivity contribution in [3.8, 4) is 0 Å². The van der Waals surface area contributed by atoms with Crippen LogP contribution in [0, 0.1) is 15.9 Å². The quantitative estimate of drug-likeness (QED) is 0.330. The molecule has 1 aromatic heterocycles. The normalized spacial score (nSPS) is 10.7. The second-order valence-corrected chi connectivity index (χ2v) is 6.90. The number of hydrogen-bond donors (Lipinski definition) is 2. The predicted octanol–water partition coefficient (Wildman–Crippen LogP) is 2.59. The van der Waals surface area contributed by atoms with Gasteiger partial charge in [0.25, 0.3) is 5.69 Å². The third-order valence-corrected chi connectivity index (χ3v) is 4.93. The molecule has 1 amide bonds. The maximum atomic E-state index is 13.8. The van der Waals surface area contributed by atoms with E-state index in [2.05, 4.69) is 15.5 Å². The highest BCUT2D eigenvalue weighted by Gasteiger charge is 2.15. The van der Waals surface area contributed by atoms with Gasteiger partial charge in [-0.2, -0.15) is 0 Å². The summed E-state index contributed by atoms with van der Waals surface area (Å²) >= 11 is 0.999. The number of nitrogens with one attached hydrogen (secondary N) is 2. The van der Waals surface area contributed by atoms with Crippen molar-refractivity contribution in [2.75, 3.05) is 11.1 Å². The van der Waals surface area contributed by atoms with E-state index in [1.807, 2.05) is 30.3 Å². The van der Waals surface area contributed by atoms with Gasteiger partial charge in [-0.25, -0.2) is 14.3 Å². The number of carbonyl (C=O) groups excluding carboxylic acids is 1. The van der Waals surface area contributed by atoms with Crippen LogP contribution in [0.4, 0.5) is 15.8 Å². The number of hydrogen-bond acceptors (Lipinski definition) is 6. The summed E-state index contributed by atoms with van der Waals surface area (Å²) in [6.45, 7) is 0.378. The highest BCUT2D eigenvalue weighted by atomic mass is 32.2. The second-order valence-electron chi connectivity index (χ2n) is 5.96. The van der Waals surface area contributed by atoms with E-state index in [4.69, 9.17) is 0 Å². The van der Waals surface area contributed by atoms with Crippen molar-refractivity contribution < 1.29 is 14.1 Å². The molecule has 0 fully saturated rings. The number of thioether (sulfide) groups is 1. The lowest BCUT2D eigenvalue weighted by Gasteiger charge is -2.07. The number of aryl methyl sites for hydroxylation is 1. The zero-order valence-electron chi connectivity index (χ0n) is 15.0. The smallest absolute Gasteiger partial charge is 0.323 e. The van der Waals surface area contributed by atoms with E-state index in [0.717, 1.165) is 35.5 Å². The molecule has 0 saturated heterocycles. The SMILES string of the molecule is O=C(CSc1n[nH]c(=O)n1CCc1ccccc1)Nc1cc([N+](=O)[O-])ccc1F. The fraction of sp³-hybridized carbons (Fsp3) is 0.167. The number of aromatic amines is 1. The van der Waals surface area contributed by atoms with Gasteiger partial charge in [-0.1, -0.05) is 42.1 Å². The Morgan fingerprint density at radius 3 is 2.76 bits per heavy atom. The second kappa shape index (κ2) is 9.15. The summed E-state index contributed by atoms with van der Waals surface area (Å²) in [6, 6.07) is 12.5. The number of anilines is 1. The Bertz CT molecular complexity index is 1080. The van der Waals surface area contributed by atoms with Crippen molar-refractivity contribution >= 4 is 29.0 Å². The van der Waals surface area contributed by atoms with Crippen LogP contribution in [0.2, 0.25) is 0 Å². The van der Waals surface area contributed by atoms with Crippen LogP contribution in [-0.4, -0.2) is 31.3 Å². The molecule has 11 heteroatoms. The molecule has 0 spiro atoms. The molecule has 0 aliphatic heterocycles. The Morgan fingerprint density at radius 1 is 1.28 bits per heavy atom. The lowest BCUT2D eigenvalue weighted by Crippen LogP contribution is -2.20. The summed E-state index contributed by atoms with van der Waals surface area (Å²) in [5.74, 6) is -1.52. The largest absolute Gasteiger partial charge is 0.343 e. The topological polar surface area (TPSA) is 123 Å². The van der Waals surface area contributed by atoms with Gasteiger partial charge in [0, 0.05) is 18.7 Å². The van der Waals surface area contributed by atoms with Crippen molar-refractivity contribution in [2.24, 2.45) is 0 Å². The molecule has 3 rings (SSSR count). The summed E-state index contributed by atoms with van der Waals surface area (Å²) in [4.78, 5) is 34.2. The Hall–Kier alpha value is -3.47. The van der Waals surface area contributed by atoms with Gasteiger partial charge >= 0.3 is 5.69 Å². The number of carbonyl (C=O) groups is 1. The number of H-pyrrole nitrogens is 1. The van der Waals surface area contributed by atoms with Crippen LogP contribution in [0.5, 0.6) is 0 Å². The van der Waals surface area contributed by atoms with Crippen LogP contribution >= 0.6 is 11.8 Å². The molecule has 2 N–H and O–H groups in total. The van der Waals surface area contributed by atoms with E-state index < -0.39 is 22.3 Å². The molecule has 0 radical (unpaired) electrons. The maximum Gasteiger partial charge on any atom is 0.343 e. The average Bonchev–Trinajstić information content (AvgIpc) is 3.06. The molecule has 9 nitrogen and oxygen atoms in total. The van der Waals surface area contributed by atoms with E-state index in [-0.39, 0.29) is 17.1 Å². The van der Waals surface area contributed by atoms with Crippen LogP contribution in [0.25, 0.3) is 0 Å². The Kier molecular flexibility index (Phi) is 6.39. The molecule has 0 saturated carbocycles. The summed E-state index contributed by atoms with van der Waals surface area (Å²) in [6.07, 6.45) is 0.610. The van der Waals surface area contributed by atoms with Gasteiger partial charge in [0.1, 0.15) is 5.82 Å². The van der Waals surface area contributed by atoms with Crippen LogP contribution in [0.15, 0.2) is 58.5 Å². The minimum absolute atomic E-state index is 0.155. The van der Waals surface area contributed by atoms with Crippen LogP contribution in [-0.2, 0) is 17.8 Å². The Morgan fingerprint density at radius 2 is 2.03 bits per heavy atom. The lowest BCUT2D eigenvalue weighted by atomic mass is 10.1. The number of halogens is 1. The van der Waals surface area contributed by atoms with Gasteiger partial charge in [-0.05, 0) is 18.1 Å². The number of nitrogens with zero attached hydrogens (tertiary/aromatic N) is 3. The van der Waals surface area contributed by atoms with E-state index in [0.29, 0.717) is 18.1 Å². The molecule has 0 bridgehead atoms. The number of amides is 1. The molecule has 0 atom stereocenters. The minimum Gasteiger partial charge on any atom is -0.323 e. The van der Waals surface area contributed by atoms with Gasteiger partial charge in [0.05, 0.1) is 16.4 Å². The predicted molar refractivity (Wildman–Crippen MR) is 105 cm³/mol. The third kappa shape index (κ3) is 5.29. The Labute approximate surface area is 168 Å². The maximum absolute atomic E-state index is 13.8. The Balaban J connectivity index is 1.62. The number of aromatic nitrogens is 3. The fourth-order valence-electron chi connectivity index (χ4n) is 2.54. The monoisotopic (exact) mass is 417 g/mol. The first-order valence-corrected chi connectivity index (χ1v) is 9.48. The van der Waals surface area contributed by atoms with Crippen molar-refractivity contribution in [2.45, 2.75) is 18.1 Å². The van der Waals surface area contributed by atoms with E-state index in [9.17, 15) is 24.1 Å². The first-order chi connectivity index (χ1) is 13.9. The molecule has 0 unspecified atom stereocenters. The van der Waals surface area contributed by atoms with Crippen LogP contribution in [0.1, 0.15) is 5.56 Å². The summed E-state index contributed by atoms with van der Waals surface area (Å²) in [5, 5.41) is 19.7. The summed E-state index contributed by atoms with van der Waals surface area (Å²) < 4.78 is 15.2. The molecule has 1 heterocycles. The van der Waals surface area contributed by atoms with E-state index in [1.54, 1.807) is 0 Å². The average molecular weight is 417 g/mol. The van der Waals surface area contributed by atoms with Gasteiger partial charge in [0.15, 0.2) is 5.16 Å². The molecule has 3 aromatic rings. The molecule has 0 aliphatic rings. The van der Waals surface area contributed by atoms with Crippen molar-refractivity contribution in [1.29, 1.82) is 0 Å². The van der Waals surface area contributed by atoms with Gasteiger partial charge in [-0.3, -0.25) is 19.5 Å². The highest BCUT2D eigenvalue weighted by molar-refractivity contribution is 7.99. The summed E-state index contributed by atoms with van der Waals surface area (Å²) in [7, 11) is 0. The zero-order chi connectivity index (χ0) is 20.8. The zero-order valence-corrected chi connectivity index (χ0v) is 15.8. The highest BCUT2D eigenvalue weighted by Crippen LogP contribution is 2.22. The number of nitro groups is 1. The molecule has 29 heavy (non-hydrogen) atoms. The van der Waals surface area contributed by atoms with Gasteiger partial charge < -0.3 is 5.32 Å². The number of nitro benzene ring substituents is 1. The van der Waals surface area contributed by atoms with Crippen LogP contribution < -0.4 is 11.0 Å². The molecule has 150 valence electrons. The van der Waals surface area contributed by atoms with E-state index in [1.165, 1.54) is 4.57 Å². The minimum atomic E-state index is -0.784. The van der Waals surface area contributed by atoms with Crippen molar-refractivity contribution in [3.05, 3.63) is 80.5 Å². The molecule has 0 aliphatic carbocycles. The number of benzene rings is 2. The third-order valence-electron chi connectivity index (χ3n) is 3.96. The van der Waals surface area contributed by atoms with E-state index >= 15 is 0 Å². The number of non-ortho nitro benzene ring substituents is 1. The van der Waals surface area contributed by atoms with Gasteiger partial charge in [-0.15, -0.1) is 5.10 Å². The summed E-state index contributed by atoms with van der Waals surface area (Å²) in [5.41, 5.74) is 0.0358. The first kappa shape index (κ1) is 20.3. The first-order valence-electron chi connectivity index (χ1n) is 8.50. The van der Waals surface area contributed by atoms with Gasteiger partial charge in [0.2, 0.25) is 5.91 Å². The molecular formula is C18H16FN5O4S. The lowest BCUT2D eigenvalue weighted by molar-refractivity contribution is -0.384. The van der Waals surface area contributed by atoms with Crippen LogP contribution in [0.3, 0.4) is 0 Å². The molecule has 2 aromatic carbocycles. The standard InChI is InChI=1S/C18H16FN5O4S/c19-14-7-6-13(24(27)28)10-15(14)20-16(25)11-29-18-22-21-17(26)23(18)9-8-12-4-2-1-3-5-12/h1-7,10H,8-9,11H2,(H,20,25)(H,21,26). The van der Waals surface area contributed by atoms with Crippen molar-refractivity contribution in [1.82, 2.24) is 14.8 Å². The fourth-order valence-corrected chi connectivity index (χ4v) is 3.31. The number of rotatable bonds is 8. The molecular weight excluding hydrogens is 401 g/mol.